The Balaban J connectivity index is 1.77. The number of aryl methyl sites for hydroxylation is 2. The fourth-order valence-electron chi connectivity index (χ4n) is 2.63. The van der Waals surface area contributed by atoms with E-state index in [0.717, 1.165) is 42.6 Å². The Labute approximate surface area is 128 Å². The smallest absolute Gasteiger partial charge is 0.225 e. The summed E-state index contributed by atoms with van der Waals surface area (Å²) < 4.78 is 0. The topological polar surface area (TPSA) is 41.0 Å². The Bertz CT molecular complexity index is 623. The third kappa shape index (κ3) is 2.75. The third-order valence-corrected chi connectivity index (χ3v) is 5.04. The Morgan fingerprint density at radius 3 is 2.95 bits per heavy atom. The number of aromatic nitrogens is 2. The van der Waals surface area contributed by atoms with Gasteiger partial charge in [-0.25, -0.2) is 9.97 Å². The highest BCUT2D eigenvalue weighted by Crippen LogP contribution is 2.39. The molecule has 108 valence electrons. The molecule has 0 amide bonds. The number of anilines is 1. The lowest BCUT2D eigenvalue weighted by molar-refractivity contribution is 0.405. The molecular weight excluding hydrogens is 292 g/mol. The monoisotopic (exact) mass is 310 g/mol. The molecule has 1 aliphatic carbocycles. The summed E-state index contributed by atoms with van der Waals surface area (Å²) in [7, 11) is 4.15. The SMILES string of the molecule is CN(C)CCCNc1nc(Cl)c2c3c(sc2n1)CCC3. The second-order valence-corrected chi connectivity index (χ2v) is 6.90. The molecule has 0 bridgehead atoms. The fraction of sp³-hybridized carbons (Fsp3) is 0.571. The first-order valence-corrected chi connectivity index (χ1v) is 8.21. The normalized spacial score (nSPS) is 14.2. The first-order valence-electron chi connectivity index (χ1n) is 7.01. The fourth-order valence-corrected chi connectivity index (χ4v) is 4.23. The molecule has 2 aromatic rings. The van der Waals surface area contributed by atoms with Gasteiger partial charge in [0.05, 0.1) is 5.39 Å². The van der Waals surface area contributed by atoms with Crippen LogP contribution in [-0.4, -0.2) is 42.1 Å². The van der Waals surface area contributed by atoms with Gasteiger partial charge < -0.3 is 10.2 Å². The first-order chi connectivity index (χ1) is 9.65. The van der Waals surface area contributed by atoms with Crippen LogP contribution in [0.15, 0.2) is 0 Å². The molecule has 0 spiro atoms. The lowest BCUT2D eigenvalue weighted by Gasteiger charge is -2.10. The van der Waals surface area contributed by atoms with Crippen LogP contribution >= 0.6 is 22.9 Å². The van der Waals surface area contributed by atoms with Crippen LogP contribution in [0.3, 0.4) is 0 Å². The van der Waals surface area contributed by atoms with E-state index >= 15 is 0 Å². The molecule has 2 heterocycles. The summed E-state index contributed by atoms with van der Waals surface area (Å²) in [5, 5.41) is 4.96. The summed E-state index contributed by atoms with van der Waals surface area (Å²) in [4.78, 5) is 13.7. The van der Waals surface area contributed by atoms with Gasteiger partial charge in [0, 0.05) is 11.4 Å². The van der Waals surface area contributed by atoms with Gasteiger partial charge in [0.15, 0.2) is 0 Å². The maximum atomic E-state index is 6.36. The average Bonchev–Trinajstić information content (AvgIpc) is 2.94. The van der Waals surface area contributed by atoms with Crippen LogP contribution in [0.1, 0.15) is 23.3 Å². The van der Waals surface area contributed by atoms with Crippen molar-refractivity contribution in [3.05, 3.63) is 15.6 Å². The van der Waals surface area contributed by atoms with Crippen molar-refractivity contribution in [1.29, 1.82) is 0 Å². The molecule has 0 radical (unpaired) electrons. The molecule has 20 heavy (non-hydrogen) atoms. The molecule has 0 aliphatic heterocycles. The second-order valence-electron chi connectivity index (χ2n) is 5.46. The number of thiophene rings is 1. The average molecular weight is 311 g/mol. The summed E-state index contributed by atoms with van der Waals surface area (Å²) >= 11 is 8.13. The zero-order valence-electron chi connectivity index (χ0n) is 11.9. The summed E-state index contributed by atoms with van der Waals surface area (Å²) in [6.45, 7) is 1.92. The Hall–Kier alpha value is -0.910. The minimum atomic E-state index is 0.601. The molecule has 0 saturated heterocycles. The third-order valence-electron chi connectivity index (χ3n) is 3.59. The van der Waals surface area contributed by atoms with Gasteiger partial charge in [0.1, 0.15) is 9.98 Å². The quantitative estimate of drug-likeness (QED) is 0.680. The number of rotatable bonds is 5. The van der Waals surface area contributed by atoms with Gasteiger partial charge in [0.2, 0.25) is 5.95 Å². The van der Waals surface area contributed by atoms with Gasteiger partial charge >= 0.3 is 0 Å². The van der Waals surface area contributed by atoms with Gasteiger partial charge in [-0.05, 0) is 51.9 Å². The van der Waals surface area contributed by atoms with E-state index in [4.69, 9.17) is 11.6 Å². The number of nitrogens with zero attached hydrogens (tertiary/aromatic N) is 3. The maximum Gasteiger partial charge on any atom is 0.225 e. The van der Waals surface area contributed by atoms with E-state index in [9.17, 15) is 0 Å². The summed E-state index contributed by atoms with van der Waals surface area (Å²) in [6.07, 6.45) is 4.58. The van der Waals surface area contributed by atoms with Crippen LogP contribution in [0.25, 0.3) is 10.2 Å². The minimum Gasteiger partial charge on any atom is -0.354 e. The minimum absolute atomic E-state index is 0.601. The zero-order chi connectivity index (χ0) is 14.1. The Kier molecular flexibility index (Phi) is 4.10. The van der Waals surface area contributed by atoms with Crippen molar-refractivity contribution >= 4 is 39.1 Å². The Morgan fingerprint density at radius 2 is 2.15 bits per heavy atom. The molecule has 0 atom stereocenters. The number of nitrogens with one attached hydrogen (secondary N) is 1. The molecule has 6 heteroatoms. The Morgan fingerprint density at radius 1 is 1.30 bits per heavy atom. The largest absolute Gasteiger partial charge is 0.354 e. The number of hydrogen-bond acceptors (Lipinski definition) is 5. The zero-order valence-corrected chi connectivity index (χ0v) is 13.4. The molecule has 0 unspecified atom stereocenters. The van der Waals surface area contributed by atoms with Gasteiger partial charge in [-0.1, -0.05) is 11.6 Å². The molecule has 4 nitrogen and oxygen atoms in total. The molecule has 1 aliphatic rings. The van der Waals surface area contributed by atoms with Crippen molar-refractivity contribution in [2.24, 2.45) is 0 Å². The molecule has 3 rings (SSSR count). The molecule has 0 aromatic carbocycles. The van der Waals surface area contributed by atoms with Crippen molar-refractivity contribution in [1.82, 2.24) is 14.9 Å². The van der Waals surface area contributed by atoms with E-state index in [1.807, 2.05) is 0 Å². The van der Waals surface area contributed by atoms with E-state index < -0.39 is 0 Å². The van der Waals surface area contributed by atoms with Crippen molar-refractivity contribution in [3.63, 3.8) is 0 Å². The summed E-state index contributed by atoms with van der Waals surface area (Å²) in [6, 6.07) is 0. The van der Waals surface area contributed by atoms with Gasteiger partial charge in [0.25, 0.3) is 0 Å². The molecule has 1 N–H and O–H groups in total. The van der Waals surface area contributed by atoms with E-state index in [1.54, 1.807) is 11.3 Å². The van der Waals surface area contributed by atoms with Gasteiger partial charge in [-0.3, -0.25) is 0 Å². The highest BCUT2D eigenvalue weighted by molar-refractivity contribution is 7.19. The summed E-state index contributed by atoms with van der Waals surface area (Å²) in [5.74, 6) is 0.654. The van der Waals surface area contributed by atoms with Crippen molar-refractivity contribution in [3.8, 4) is 0 Å². The summed E-state index contributed by atoms with van der Waals surface area (Å²) in [5.41, 5.74) is 1.38. The highest BCUT2D eigenvalue weighted by atomic mass is 35.5. The van der Waals surface area contributed by atoms with E-state index in [-0.39, 0.29) is 0 Å². The first kappa shape index (κ1) is 14.0. The van der Waals surface area contributed by atoms with Crippen LogP contribution in [0.4, 0.5) is 5.95 Å². The van der Waals surface area contributed by atoms with E-state index in [0.29, 0.717) is 11.1 Å². The van der Waals surface area contributed by atoms with Crippen LogP contribution in [-0.2, 0) is 12.8 Å². The van der Waals surface area contributed by atoms with Gasteiger partial charge in [-0.15, -0.1) is 11.3 Å². The number of fused-ring (bicyclic) bond motifs is 3. The molecular formula is C14H19ClN4S. The lowest BCUT2D eigenvalue weighted by Crippen LogP contribution is -2.17. The van der Waals surface area contributed by atoms with E-state index in [1.165, 1.54) is 16.9 Å². The number of halogens is 1. The molecule has 2 aromatic heterocycles. The van der Waals surface area contributed by atoms with Crippen molar-refractivity contribution < 1.29 is 0 Å². The highest BCUT2D eigenvalue weighted by Gasteiger charge is 2.21. The number of hydrogen-bond donors (Lipinski definition) is 1. The predicted molar refractivity (Wildman–Crippen MR) is 86.1 cm³/mol. The maximum absolute atomic E-state index is 6.36. The standard InChI is InChI=1S/C14H19ClN4S/c1-19(2)8-4-7-16-14-17-12(15)11-9-5-3-6-10(9)20-13(11)18-14/h3-8H2,1-2H3,(H,16,17,18). The predicted octanol–water partition coefficient (Wildman–Crippen LogP) is 3.20. The van der Waals surface area contributed by atoms with E-state index in [2.05, 4.69) is 34.3 Å². The van der Waals surface area contributed by atoms with Crippen LogP contribution in [0.5, 0.6) is 0 Å². The van der Waals surface area contributed by atoms with Crippen molar-refractivity contribution in [2.75, 3.05) is 32.5 Å². The second kappa shape index (κ2) is 5.84. The van der Waals surface area contributed by atoms with Crippen LogP contribution in [0, 0.1) is 0 Å². The van der Waals surface area contributed by atoms with Gasteiger partial charge in [-0.2, -0.15) is 0 Å². The lowest BCUT2D eigenvalue weighted by atomic mass is 10.2. The van der Waals surface area contributed by atoms with Crippen molar-refractivity contribution in [2.45, 2.75) is 25.7 Å². The molecule has 0 fully saturated rings. The van der Waals surface area contributed by atoms with Crippen LogP contribution < -0.4 is 5.32 Å². The van der Waals surface area contributed by atoms with Crippen LogP contribution in [0.2, 0.25) is 5.15 Å². The molecule has 0 saturated carbocycles.